The number of carboxylic acid groups (broad SMARTS) is 1. The molecule has 1 aromatic heterocycles. The van der Waals surface area contributed by atoms with Crippen LogP contribution < -0.4 is 0 Å². The largest absolute Gasteiger partial charge is 0.478 e. The van der Waals surface area contributed by atoms with E-state index in [0.717, 1.165) is 4.90 Å². The lowest BCUT2D eigenvalue weighted by molar-refractivity contribution is 0.0695. The maximum Gasteiger partial charge on any atom is 0.336 e. The van der Waals surface area contributed by atoms with Crippen molar-refractivity contribution in [3.05, 3.63) is 52.3 Å². The summed E-state index contributed by atoms with van der Waals surface area (Å²) in [6.07, 6.45) is 1.55. The molecule has 2 rings (SSSR count). The fourth-order valence-corrected chi connectivity index (χ4v) is 2.74. The van der Waals surface area contributed by atoms with Crippen LogP contribution in [0.2, 0.25) is 0 Å². The second kappa shape index (κ2) is 5.87. The highest BCUT2D eigenvalue weighted by Crippen LogP contribution is 2.31. The minimum atomic E-state index is -0.999. The summed E-state index contributed by atoms with van der Waals surface area (Å²) in [6, 6.07) is 10.5. The Balaban J connectivity index is 2.37. The van der Waals surface area contributed by atoms with Crippen LogP contribution in [-0.4, -0.2) is 16.1 Å². The van der Waals surface area contributed by atoms with Crippen molar-refractivity contribution in [3.63, 3.8) is 0 Å². The fourth-order valence-electron chi connectivity index (χ4n) is 1.42. The zero-order valence-electron chi connectivity index (χ0n) is 9.50. The molecule has 0 aliphatic rings. The number of nitrogens with zero attached hydrogens (tertiary/aromatic N) is 2. The summed E-state index contributed by atoms with van der Waals surface area (Å²) < 4.78 is 0.524. The molecule has 0 radical (unpaired) electrons. The Labute approximate surface area is 122 Å². The third-order valence-corrected chi connectivity index (χ3v) is 4.00. The molecule has 0 fully saturated rings. The van der Waals surface area contributed by atoms with Crippen molar-refractivity contribution in [2.45, 2.75) is 9.79 Å². The molecular weight excluding hydrogens is 328 g/mol. The molecule has 6 heteroatoms. The van der Waals surface area contributed by atoms with Gasteiger partial charge in [-0.1, -0.05) is 11.8 Å². The van der Waals surface area contributed by atoms with Gasteiger partial charge in [0.05, 0.1) is 5.56 Å². The molecule has 0 atom stereocenters. The molecule has 0 aliphatic carbocycles. The summed E-state index contributed by atoms with van der Waals surface area (Å²) in [4.78, 5) is 16.4. The molecule has 0 aliphatic heterocycles. The van der Waals surface area contributed by atoms with Crippen LogP contribution in [0.1, 0.15) is 16.1 Å². The molecule has 1 heterocycles. The minimum absolute atomic E-state index is 0.187. The van der Waals surface area contributed by atoms with Gasteiger partial charge in [0.1, 0.15) is 6.07 Å². The van der Waals surface area contributed by atoms with Crippen LogP contribution in [-0.2, 0) is 0 Å². The number of benzene rings is 1. The third kappa shape index (κ3) is 3.13. The fraction of sp³-hybridized carbons (Fsp3) is 0. The Bertz CT molecular complexity index is 683. The Hall–Kier alpha value is -1.84. The van der Waals surface area contributed by atoms with Gasteiger partial charge in [-0.25, -0.2) is 9.78 Å². The van der Waals surface area contributed by atoms with E-state index in [1.165, 1.54) is 11.8 Å². The van der Waals surface area contributed by atoms with Crippen LogP contribution in [0.3, 0.4) is 0 Å². The lowest BCUT2D eigenvalue weighted by atomic mass is 10.2. The molecule has 1 aromatic carbocycles. The van der Waals surface area contributed by atoms with Gasteiger partial charge in [0.2, 0.25) is 0 Å². The van der Waals surface area contributed by atoms with Gasteiger partial charge >= 0.3 is 5.97 Å². The lowest BCUT2D eigenvalue weighted by Gasteiger charge is -2.05. The van der Waals surface area contributed by atoms with E-state index >= 15 is 0 Å². The van der Waals surface area contributed by atoms with Gasteiger partial charge in [-0.15, -0.1) is 0 Å². The van der Waals surface area contributed by atoms with Gasteiger partial charge in [-0.2, -0.15) is 5.26 Å². The van der Waals surface area contributed by atoms with E-state index in [1.54, 1.807) is 36.5 Å². The van der Waals surface area contributed by atoms with Crippen molar-refractivity contribution in [1.82, 2.24) is 4.98 Å². The Morgan fingerprint density at radius 2 is 2.21 bits per heavy atom. The van der Waals surface area contributed by atoms with Gasteiger partial charge < -0.3 is 5.11 Å². The zero-order valence-corrected chi connectivity index (χ0v) is 11.9. The van der Waals surface area contributed by atoms with E-state index in [9.17, 15) is 4.79 Å². The van der Waals surface area contributed by atoms with Crippen LogP contribution in [0, 0.1) is 11.3 Å². The van der Waals surface area contributed by atoms with Gasteiger partial charge in [-0.3, -0.25) is 0 Å². The predicted octanol–water partition coefficient (Wildman–Crippen LogP) is 3.57. The van der Waals surface area contributed by atoms with E-state index in [0.29, 0.717) is 15.1 Å². The second-order valence-electron chi connectivity index (χ2n) is 3.51. The summed E-state index contributed by atoms with van der Waals surface area (Å²) in [5.41, 5.74) is 0.514. The average Bonchev–Trinajstić information content (AvgIpc) is 2.41. The number of hydrogen-bond donors (Lipinski definition) is 1. The lowest BCUT2D eigenvalue weighted by Crippen LogP contribution is -1.97. The first-order valence-corrected chi connectivity index (χ1v) is 6.78. The standard InChI is InChI=1S/C13H7BrN2O2S/c14-10-4-3-8(6-9(10)13(17)18)19-12-2-1-5-16-11(12)7-15/h1-6H,(H,17,18). The van der Waals surface area contributed by atoms with Gasteiger partial charge in [0, 0.05) is 20.5 Å². The zero-order chi connectivity index (χ0) is 13.8. The highest BCUT2D eigenvalue weighted by Gasteiger charge is 2.11. The minimum Gasteiger partial charge on any atom is -0.478 e. The van der Waals surface area contributed by atoms with Crippen molar-refractivity contribution < 1.29 is 9.90 Å². The number of rotatable bonds is 3. The molecule has 0 spiro atoms. The van der Waals surface area contributed by atoms with E-state index in [1.807, 2.05) is 6.07 Å². The molecule has 0 saturated heterocycles. The topological polar surface area (TPSA) is 74.0 Å². The number of halogens is 1. The molecular formula is C13H7BrN2O2S. The average molecular weight is 335 g/mol. The normalized spacial score (nSPS) is 9.89. The SMILES string of the molecule is N#Cc1ncccc1Sc1ccc(Br)c(C(=O)O)c1. The van der Waals surface area contributed by atoms with E-state index in [4.69, 9.17) is 10.4 Å². The highest BCUT2D eigenvalue weighted by atomic mass is 79.9. The number of carbonyl (C=O) groups is 1. The van der Waals surface area contributed by atoms with Crippen molar-refractivity contribution in [3.8, 4) is 6.07 Å². The first-order valence-electron chi connectivity index (χ1n) is 5.17. The van der Waals surface area contributed by atoms with Crippen LogP contribution in [0.15, 0.2) is 50.8 Å². The quantitative estimate of drug-likeness (QED) is 0.928. The third-order valence-electron chi connectivity index (χ3n) is 2.27. The Kier molecular flexibility index (Phi) is 4.20. The second-order valence-corrected chi connectivity index (χ2v) is 5.48. The Morgan fingerprint density at radius 3 is 2.89 bits per heavy atom. The van der Waals surface area contributed by atoms with Crippen molar-refractivity contribution >= 4 is 33.7 Å². The molecule has 0 amide bonds. The van der Waals surface area contributed by atoms with Gasteiger partial charge in [0.25, 0.3) is 0 Å². The monoisotopic (exact) mass is 334 g/mol. The van der Waals surface area contributed by atoms with Crippen LogP contribution >= 0.6 is 27.7 Å². The Morgan fingerprint density at radius 1 is 1.42 bits per heavy atom. The van der Waals surface area contributed by atoms with Crippen LogP contribution in [0.4, 0.5) is 0 Å². The van der Waals surface area contributed by atoms with Crippen LogP contribution in [0.5, 0.6) is 0 Å². The van der Waals surface area contributed by atoms with Crippen molar-refractivity contribution in [2.75, 3.05) is 0 Å². The smallest absolute Gasteiger partial charge is 0.336 e. The number of hydrogen-bond acceptors (Lipinski definition) is 4. The first kappa shape index (κ1) is 13.6. The first-order chi connectivity index (χ1) is 9.11. The van der Waals surface area contributed by atoms with Gasteiger partial charge in [-0.05, 0) is 46.3 Å². The predicted molar refractivity (Wildman–Crippen MR) is 74.2 cm³/mol. The number of nitriles is 1. The summed E-state index contributed by atoms with van der Waals surface area (Å²) in [5.74, 6) is -0.999. The molecule has 19 heavy (non-hydrogen) atoms. The number of aromatic nitrogens is 1. The highest BCUT2D eigenvalue weighted by molar-refractivity contribution is 9.10. The number of aromatic carboxylic acids is 1. The maximum atomic E-state index is 11.0. The molecule has 4 nitrogen and oxygen atoms in total. The summed E-state index contributed by atoms with van der Waals surface area (Å²) in [5, 5.41) is 18.0. The summed E-state index contributed by atoms with van der Waals surface area (Å²) in [7, 11) is 0. The summed E-state index contributed by atoms with van der Waals surface area (Å²) in [6.45, 7) is 0. The summed E-state index contributed by atoms with van der Waals surface area (Å²) >= 11 is 4.50. The maximum absolute atomic E-state index is 11.0. The molecule has 0 bridgehead atoms. The van der Waals surface area contributed by atoms with E-state index in [2.05, 4.69) is 20.9 Å². The molecule has 0 unspecified atom stereocenters. The molecule has 94 valence electrons. The molecule has 2 aromatic rings. The number of pyridine rings is 1. The molecule has 1 N–H and O–H groups in total. The van der Waals surface area contributed by atoms with E-state index < -0.39 is 5.97 Å². The molecule has 0 saturated carbocycles. The van der Waals surface area contributed by atoms with Gasteiger partial charge in [0.15, 0.2) is 5.69 Å². The van der Waals surface area contributed by atoms with Crippen LogP contribution in [0.25, 0.3) is 0 Å². The van der Waals surface area contributed by atoms with Crippen molar-refractivity contribution in [1.29, 1.82) is 5.26 Å². The van der Waals surface area contributed by atoms with E-state index in [-0.39, 0.29) is 5.56 Å². The number of carboxylic acids is 1. The van der Waals surface area contributed by atoms with Crippen molar-refractivity contribution in [2.24, 2.45) is 0 Å².